The van der Waals surface area contributed by atoms with Gasteiger partial charge < -0.3 is 14.2 Å². The maximum absolute atomic E-state index is 11.9. The van der Waals surface area contributed by atoms with Gasteiger partial charge in [-0.2, -0.15) is 0 Å². The molecule has 0 aromatic heterocycles. The van der Waals surface area contributed by atoms with Crippen LogP contribution >= 0.6 is 0 Å². The highest BCUT2D eigenvalue weighted by atomic mass is 16.6. The molecule has 0 amide bonds. The summed E-state index contributed by atoms with van der Waals surface area (Å²) in [7, 11) is 0. The van der Waals surface area contributed by atoms with Crippen LogP contribution in [0.25, 0.3) is 0 Å². The second-order valence-electron chi connectivity index (χ2n) is 6.68. The molecular weight excluding hydrogens is 312 g/mol. The second-order valence-corrected chi connectivity index (χ2v) is 6.68. The van der Waals surface area contributed by atoms with Gasteiger partial charge in [0.2, 0.25) is 0 Å². The Balaban J connectivity index is 2.45. The molecule has 1 aromatic carbocycles. The number of carbonyl (C=O) groups excluding carboxylic acids is 3. The van der Waals surface area contributed by atoms with E-state index in [-0.39, 0.29) is 19.4 Å². The van der Waals surface area contributed by atoms with Crippen LogP contribution in [0.4, 0.5) is 0 Å². The number of carbonyl (C=O) groups is 2. The van der Waals surface area contributed by atoms with Crippen molar-refractivity contribution in [2.24, 2.45) is 0 Å². The van der Waals surface area contributed by atoms with E-state index in [2.05, 4.69) is 4.74 Å². The molecule has 0 heterocycles. The molecule has 0 bridgehead atoms. The Hall–Kier alpha value is -2.37. The van der Waals surface area contributed by atoms with Gasteiger partial charge in [-0.15, -0.1) is 0 Å². The average Bonchev–Trinajstić information content (AvgIpc) is 2.44. The summed E-state index contributed by atoms with van der Waals surface area (Å²) in [5.74, 6) is -1.04. The Bertz CT molecular complexity index is 562. The van der Waals surface area contributed by atoms with E-state index in [0.717, 1.165) is 5.56 Å². The monoisotopic (exact) mass is 335 g/mol. The van der Waals surface area contributed by atoms with Gasteiger partial charge in [-0.25, -0.2) is 4.79 Å². The molecule has 0 saturated carbocycles. The minimum atomic E-state index is -1.02. The van der Waals surface area contributed by atoms with Crippen LogP contribution in [0.15, 0.2) is 30.3 Å². The standard InChI is InChI=1S/C18H23O6/c1-17(2,23-13-19)11-16(21)24-18(3,4)10-15(20)22-12-14-8-6-5-7-9-14/h5-9H,10-12H2,1-4H3. The lowest BCUT2D eigenvalue weighted by Crippen LogP contribution is -2.35. The Morgan fingerprint density at radius 1 is 0.958 bits per heavy atom. The zero-order chi connectivity index (χ0) is 18.2. The van der Waals surface area contributed by atoms with Gasteiger partial charge in [-0.05, 0) is 33.3 Å². The molecule has 6 nitrogen and oxygen atoms in total. The first-order valence-electron chi connectivity index (χ1n) is 7.60. The number of benzene rings is 1. The molecule has 0 atom stereocenters. The van der Waals surface area contributed by atoms with Crippen LogP contribution in [0.5, 0.6) is 0 Å². The third kappa shape index (κ3) is 7.76. The summed E-state index contributed by atoms with van der Waals surface area (Å²) in [4.78, 5) is 34.1. The minimum absolute atomic E-state index is 0.0767. The Morgan fingerprint density at radius 2 is 1.54 bits per heavy atom. The van der Waals surface area contributed by atoms with Crippen LogP contribution in [-0.2, 0) is 35.2 Å². The van der Waals surface area contributed by atoms with Crippen molar-refractivity contribution < 1.29 is 28.6 Å². The van der Waals surface area contributed by atoms with Crippen molar-refractivity contribution in [2.45, 2.75) is 58.3 Å². The minimum Gasteiger partial charge on any atom is -0.461 e. The lowest BCUT2D eigenvalue weighted by atomic mass is 10.0. The maximum Gasteiger partial charge on any atom is 0.418 e. The van der Waals surface area contributed by atoms with Crippen molar-refractivity contribution >= 4 is 18.4 Å². The maximum atomic E-state index is 11.9. The van der Waals surface area contributed by atoms with Crippen LogP contribution in [0.1, 0.15) is 46.1 Å². The second kappa shape index (κ2) is 8.47. The summed E-state index contributed by atoms with van der Waals surface area (Å²) >= 11 is 0. The van der Waals surface area contributed by atoms with Crippen LogP contribution in [-0.4, -0.2) is 29.6 Å². The molecule has 0 saturated heterocycles. The van der Waals surface area contributed by atoms with Crippen LogP contribution in [0.2, 0.25) is 0 Å². The van der Waals surface area contributed by atoms with Gasteiger partial charge in [0, 0.05) is 0 Å². The third-order valence-electron chi connectivity index (χ3n) is 3.09. The highest BCUT2D eigenvalue weighted by molar-refractivity contribution is 5.74. The largest absolute Gasteiger partial charge is 0.461 e. The smallest absolute Gasteiger partial charge is 0.418 e. The molecule has 0 aliphatic rings. The zero-order valence-corrected chi connectivity index (χ0v) is 14.5. The van der Waals surface area contributed by atoms with E-state index in [9.17, 15) is 14.4 Å². The predicted octanol–water partition coefficient (Wildman–Crippen LogP) is 2.69. The number of hydrogen-bond donors (Lipinski definition) is 0. The van der Waals surface area contributed by atoms with Gasteiger partial charge in [0.15, 0.2) is 0 Å². The Labute approximate surface area is 142 Å². The van der Waals surface area contributed by atoms with Crippen molar-refractivity contribution in [3.63, 3.8) is 0 Å². The molecule has 0 aliphatic heterocycles. The lowest BCUT2D eigenvalue weighted by molar-refractivity contribution is -0.166. The van der Waals surface area contributed by atoms with E-state index < -0.39 is 23.1 Å². The Morgan fingerprint density at radius 3 is 2.12 bits per heavy atom. The van der Waals surface area contributed by atoms with E-state index in [4.69, 9.17) is 9.47 Å². The SMILES string of the molecule is CC(C)(CC(=O)OC(C)(C)CC(=O)OCc1ccccc1)O[C]=O. The normalized spacial score (nSPS) is 11.5. The van der Waals surface area contributed by atoms with Gasteiger partial charge in [0.25, 0.3) is 0 Å². The number of esters is 2. The van der Waals surface area contributed by atoms with Crippen LogP contribution in [0, 0.1) is 0 Å². The summed E-state index contributed by atoms with van der Waals surface area (Å²) < 4.78 is 15.2. The van der Waals surface area contributed by atoms with Gasteiger partial charge in [-0.1, -0.05) is 30.3 Å². The van der Waals surface area contributed by atoms with E-state index in [1.807, 2.05) is 30.3 Å². The van der Waals surface area contributed by atoms with Crippen molar-refractivity contribution in [3.05, 3.63) is 35.9 Å². The molecule has 1 radical (unpaired) electrons. The van der Waals surface area contributed by atoms with Gasteiger partial charge in [0.05, 0.1) is 12.8 Å². The topological polar surface area (TPSA) is 78.9 Å². The molecule has 1 aromatic rings. The molecule has 6 heteroatoms. The first kappa shape index (κ1) is 19.7. The van der Waals surface area contributed by atoms with Gasteiger partial charge in [-0.3, -0.25) is 9.59 Å². The van der Waals surface area contributed by atoms with E-state index in [1.165, 1.54) is 6.47 Å². The van der Waals surface area contributed by atoms with Crippen LogP contribution in [0.3, 0.4) is 0 Å². The Kier molecular flexibility index (Phi) is 6.95. The highest BCUT2D eigenvalue weighted by Crippen LogP contribution is 2.20. The van der Waals surface area contributed by atoms with Crippen molar-refractivity contribution in [2.75, 3.05) is 0 Å². The molecule has 24 heavy (non-hydrogen) atoms. The van der Waals surface area contributed by atoms with Gasteiger partial charge in [0.1, 0.15) is 17.8 Å². The fraction of sp³-hybridized carbons (Fsp3) is 0.500. The first-order valence-corrected chi connectivity index (χ1v) is 7.60. The lowest BCUT2D eigenvalue weighted by Gasteiger charge is -2.27. The van der Waals surface area contributed by atoms with Gasteiger partial charge >= 0.3 is 18.4 Å². The first-order chi connectivity index (χ1) is 11.1. The fourth-order valence-corrected chi connectivity index (χ4v) is 2.01. The molecule has 1 rings (SSSR count). The third-order valence-corrected chi connectivity index (χ3v) is 3.09. The molecule has 0 aliphatic carbocycles. The summed E-state index contributed by atoms with van der Waals surface area (Å²) in [5.41, 5.74) is -1.15. The van der Waals surface area contributed by atoms with Crippen molar-refractivity contribution in [1.82, 2.24) is 0 Å². The molecule has 0 spiro atoms. The van der Waals surface area contributed by atoms with Crippen molar-refractivity contribution in [3.8, 4) is 0 Å². The van der Waals surface area contributed by atoms with E-state index in [1.54, 1.807) is 27.7 Å². The van der Waals surface area contributed by atoms with E-state index in [0.29, 0.717) is 0 Å². The molecule has 0 N–H and O–H groups in total. The van der Waals surface area contributed by atoms with E-state index >= 15 is 0 Å². The molecular formula is C18H23O6. The number of ether oxygens (including phenoxy) is 3. The molecule has 131 valence electrons. The van der Waals surface area contributed by atoms with Crippen molar-refractivity contribution in [1.29, 1.82) is 0 Å². The summed E-state index contributed by atoms with van der Waals surface area (Å²) in [5, 5.41) is 0. The summed E-state index contributed by atoms with van der Waals surface area (Å²) in [6.07, 6.45) is -0.211. The molecule has 0 fully saturated rings. The average molecular weight is 335 g/mol. The fourth-order valence-electron chi connectivity index (χ4n) is 2.01. The van der Waals surface area contributed by atoms with Crippen LogP contribution < -0.4 is 0 Å². The quantitative estimate of drug-likeness (QED) is 0.510. The zero-order valence-electron chi connectivity index (χ0n) is 14.5. The summed E-state index contributed by atoms with van der Waals surface area (Å²) in [6, 6.07) is 9.29. The number of rotatable bonds is 9. The predicted molar refractivity (Wildman–Crippen MR) is 86.5 cm³/mol. The highest BCUT2D eigenvalue weighted by Gasteiger charge is 2.31. The summed E-state index contributed by atoms with van der Waals surface area (Å²) in [6.45, 7) is 7.85. The number of hydrogen-bond acceptors (Lipinski definition) is 6. The molecule has 0 unspecified atom stereocenters.